The van der Waals surface area contributed by atoms with Crippen molar-refractivity contribution in [3.05, 3.63) is 29.8 Å². The molecule has 0 saturated heterocycles. The summed E-state index contributed by atoms with van der Waals surface area (Å²) in [7, 11) is 2.77. The lowest BCUT2D eigenvalue weighted by Gasteiger charge is -2.17. The number of hydrogen-bond acceptors (Lipinski definition) is 5. The van der Waals surface area contributed by atoms with E-state index in [1.54, 1.807) is 31.4 Å². The van der Waals surface area contributed by atoms with Crippen LogP contribution in [0.5, 0.6) is 5.75 Å². The molecular weight excluding hydrogens is 246 g/mol. The SMILES string of the molecule is COC(=O)C(N)C(O)c1ccc(OC)cc1.Cl. The highest BCUT2D eigenvalue weighted by atomic mass is 35.5. The first kappa shape index (κ1) is 15.7. The third-order valence-corrected chi connectivity index (χ3v) is 2.27. The molecule has 0 aliphatic carbocycles. The molecule has 0 amide bonds. The number of halogens is 1. The first-order chi connectivity index (χ1) is 7.60. The highest BCUT2D eigenvalue weighted by molar-refractivity contribution is 5.85. The van der Waals surface area contributed by atoms with Gasteiger partial charge in [-0.2, -0.15) is 0 Å². The molecule has 1 aromatic carbocycles. The Kier molecular flexibility index (Phi) is 6.57. The fraction of sp³-hybridized carbons (Fsp3) is 0.364. The van der Waals surface area contributed by atoms with Crippen LogP contribution in [-0.4, -0.2) is 31.3 Å². The molecule has 0 heterocycles. The molecule has 1 rings (SSSR count). The van der Waals surface area contributed by atoms with Crippen molar-refractivity contribution < 1.29 is 19.4 Å². The molecule has 0 aliphatic heterocycles. The molecule has 5 nitrogen and oxygen atoms in total. The van der Waals surface area contributed by atoms with E-state index in [1.807, 2.05) is 0 Å². The Bertz CT molecular complexity index is 355. The summed E-state index contributed by atoms with van der Waals surface area (Å²) in [6.07, 6.45) is -1.08. The van der Waals surface area contributed by atoms with E-state index >= 15 is 0 Å². The summed E-state index contributed by atoms with van der Waals surface area (Å²) in [4.78, 5) is 11.1. The first-order valence-electron chi connectivity index (χ1n) is 4.75. The monoisotopic (exact) mass is 261 g/mol. The van der Waals surface area contributed by atoms with E-state index in [1.165, 1.54) is 7.11 Å². The average molecular weight is 262 g/mol. The minimum absolute atomic E-state index is 0. The van der Waals surface area contributed by atoms with Crippen molar-refractivity contribution in [1.82, 2.24) is 0 Å². The lowest BCUT2D eigenvalue weighted by molar-refractivity contribution is -0.145. The number of hydrogen-bond donors (Lipinski definition) is 2. The van der Waals surface area contributed by atoms with Crippen LogP contribution in [0.3, 0.4) is 0 Å². The summed E-state index contributed by atoms with van der Waals surface area (Å²) in [5.41, 5.74) is 6.06. The number of esters is 1. The Morgan fingerprint density at radius 3 is 2.24 bits per heavy atom. The molecule has 0 fully saturated rings. The van der Waals surface area contributed by atoms with Crippen molar-refractivity contribution in [3.8, 4) is 5.75 Å². The molecule has 3 N–H and O–H groups in total. The summed E-state index contributed by atoms with van der Waals surface area (Å²) in [6.45, 7) is 0. The second-order valence-electron chi connectivity index (χ2n) is 3.27. The average Bonchev–Trinajstić information content (AvgIpc) is 2.36. The number of ether oxygens (including phenoxy) is 2. The van der Waals surface area contributed by atoms with Crippen molar-refractivity contribution in [1.29, 1.82) is 0 Å². The Balaban J connectivity index is 0.00000256. The molecule has 6 heteroatoms. The number of carbonyl (C=O) groups is 1. The largest absolute Gasteiger partial charge is 0.497 e. The van der Waals surface area contributed by atoms with Crippen LogP contribution in [-0.2, 0) is 9.53 Å². The van der Waals surface area contributed by atoms with Gasteiger partial charge in [0.15, 0.2) is 0 Å². The van der Waals surface area contributed by atoms with Crippen LogP contribution in [0.25, 0.3) is 0 Å². The van der Waals surface area contributed by atoms with Gasteiger partial charge in [-0.15, -0.1) is 12.4 Å². The number of nitrogens with two attached hydrogens (primary N) is 1. The van der Waals surface area contributed by atoms with Crippen molar-refractivity contribution in [2.75, 3.05) is 14.2 Å². The molecule has 2 unspecified atom stereocenters. The van der Waals surface area contributed by atoms with Crippen LogP contribution >= 0.6 is 12.4 Å². The number of carbonyl (C=O) groups excluding carboxylic acids is 1. The van der Waals surface area contributed by atoms with E-state index in [4.69, 9.17) is 10.5 Å². The zero-order chi connectivity index (χ0) is 12.1. The third kappa shape index (κ3) is 3.89. The number of methoxy groups -OCH3 is 2. The summed E-state index contributed by atoms with van der Waals surface area (Å²) < 4.78 is 9.42. The normalized spacial score (nSPS) is 13.2. The minimum Gasteiger partial charge on any atom is -0.497 e. The highest BCUT2D eigenvalue weighted by Gasteiger charge is 2.24. The van der Waals surface area contributed by atoms with Crippen molar-refractivity contribution >= 4 is 18.4 Å². The zero-order valence-electron chi connectivity index (χ0n) is 9.62. The molecule has 1 aromatic rings. The quantitative estimate of drug-likeness (QED) is 0.778. The zero-order valence-corrected chi connectivity index (χ0v) is 10.4. The summed E-state index contributed by atoms with van der Waals surface area (Å²) in [5.74, 6) is 0.0194. The Morgan fingerprint density at radius 1 is 1.29 bits per heavy atom. The summed E-state index contributed by atoms with van der Waals surface area (Å²) in [6, 6.07) is 5.57. The molecule has 0 bridgehead atoms. The van der Waals surface area contributed by atoms with Crippen LogP contribution in [0, 0.1) is 0 Å². The van der Waals surface area contributed by atoms with Crippen molar-refractivity contribution in [3.63, 3.8) is 0 Å². The van der Waals surface area contributed by atoms with Gasteiger partial charge in [0.25, 0.3) is 0 Å². The first-order valence-corrected chi connectivity index (χ1v) is 4.75. The maximum absolute atomic E-state index is 11.1. The topological polar surface area (TPSA) is 81.8 Å². The highest BCUT2D eigenvalue weighted by Crippen LogP contribution is 2.19. The fourth-order valence-electron chi connectivity index (χ4n) is 1.27. The van der Waals surface area contributed by atoms with Crippen LogP contribution < -0.4 is 10.5 Å². The molecule has 0 aromatic heterocycles. The van der Waals surface area contributed by atoms with Gasteiger partial charge in [0.1, 0.15) is 17.9 Å². The van der Waals surface area contributed by atoms with E-state index in [0.29, 0.717) is 11.3 Å². The number of benzene rings is 1. The number of rotatable bonds is 4. The van der Waals surface area contributed by atoms with Crippen LogP contribution in [0.1, 0.15) is 11.7 Å². The standard InChI is InChI=1S/C11H15NO4.ClH/c1-15-8-5-3-7(4-6-8)10(13)9(12)11(14)16-2;/h3-6,9-10,13H,12H2,1-2H3;1H. The number of aliphatic hydroxyl groups is 1. The lowest BCUT2D eigenvalue weighted by Crippen LogP contribution is -2.37. The predicted octanol–water partition coefficient (Wildman–Crippen LogP) is 0.651. The van der Waals surface area contributed by atoms with Gasteiger partial charge in [-0.1, -0.05) is 12.1 Å². The second-order valence-corrected chi connectivity index (χ2v) is 3.27. The van der Waals surface area contributed by atoms with E-state index in [-0.39, 0.29) is 12.4 Å². The van der Waals surface area contributed by atoms with Gasteiger partial charge in [-0.3, -0.25) is 4.79 Å². The molecule has 96 valence electrons. The van der Waals surface area contributed by atoms with Crippen LogP contribution in [0.2, 0.25) is 0 Å². The Hall–Kier alpha value is -1.30. The van der Waals surface area contributed by atoms with Gasteiger partial charge in [-0.25, -0.2) is 0 Å². The molecule has 0 spiro atoms. The van der Waals surface area contributed by atoms with Crippen molar-refractivity contribution in [2.45, 2.75) is 12.1 Å². The fourth-order valence-corrected chi connectivity index (χ4v) is 1.27. The van der Waals surface area contributed by atoms with E-state index in [9.17, 15) is 9.90 Å². The minimum atomic E-state index is -1.08. The molecule has 17 heavy (non-hydrogen) atoms. The van der Waals surface area contributed by atoms with Gasteiger partial charge in [0.05, 0.1) is 14.2 Å². The van der Waals surface area contributed by atoms with E-state index < -0.39 is 18.1 Å². The van der Waals surface area contributed by atoms with E-state index in [2.05, 4.69) is 4.74 Å². The van der Waals surface area contributed by atoms with Crippen LogP contribution in [0.15, 0.2) is 24.3 Å². The number of aliphatic hydroxyl groups excluding tert-OH is 1. The van der Waals surface area contributed by atoms with Gasteiger partial charge >= 0.3 is 5.97 Å². The summed E-state index contributed by atoms with van der Waals surface area (Å²) >= 11 is 0. The third-order valence-electron chi connectivity index (χ3n) is 2.27. The maximum atomic E-state index is 11.1. The van der Waals surface area contributed by atoms with Gasteiger partial charge in [-0.05, 0) is 17.7 Å². The van der Waals surface area contributed by atoms with Gasteiger partial charge < -0.3 is 20.3 Å². The molecular formula is C11H16ClNO4. The molecule has 0 radical (unpaired) electrons. The Morgan fingerprint density at radius 2 is 1.82 bits per heavy atom. The lowest BCUT2D eigenvalue weighted by atomic mass is 10.0. The molecule has 0 saturated carbocycles. The maximum Gasteiger partial charge on any atom is 0.325 e. The predicted molar refractivity (Wildman–Crippen MR) is 65.2 cm³/mol. The van der Waals surface area contributed by atoms with Gasteiger partial charge in [0, 0.05) is 0 Å². The van der Waals surface area contributed by atoms with Crippen LogP contribution in [0.4, 0.5) is 0 Å². The Labute approximate surface area is 106 Å². The van der Waals surface area contributed by atoms with Gasteiger partial charge in [0.2, 0.25) is 0 Å². The smallest absolute Gasteiger partial charge is 0.325 e. The van der Waals surface area contributed by atoms with Crippen molar-refractivity contribution in [2.24, 2.45) is 5.73 Å². The molecule has 2 atom stereocenters. The summed E-state index contributed by atoms with van der Waals surface area (Å²) in [5, 5.41) is 9.79. The van der Waals surface area contributed by atoms with E-state index in [0.717, 1.165) is 0 Å². The second kappa shape index (κ2) is 7.11. The molecule has 0 aliphatic rings.